The van der Waals surface area contributed by atoms with Crippen molar-refractivity contribution in [2.75, 3.05) is 6.61 Å². The highest BCUT2D eigenvalue weighted by atomic mass is 35.5. The number of halogens is 4. The van der Waals surface area contributed by atoms with E-state index in [9.17, 15) is 18.0 Å². The molecule has 1 aromatic heterocycles. The summed E-state index contributed by atoms with van der Waals surface area (Å²) in [6, 6.07) is 12.1. The van der Waals surface area contributed by atoms with Gasteiger partial charge in [-0.25, -0.2) is 4.79 Å². The summed E-state index contributed by atoms with van der Waals surface area (Å²) in [5.41, 5.74) is 1.82. The van der Waals surface area contributed by atoms with Crippen molar-refractivity contribution in [1.82, 2.24) is 14.7 Å². The van der Waals surface area contributed by atoms with Crippen LogP contribution in [0.1, 0.15) is 44.5 Å². The minimum absolute atomic E-state index is 0.248. The number of rotatable bonds is 10. The Kier molecular flexibility index (Phi) is 8.82. The summed E-state index contributed by atoms with van der Waals surface area (Å²) in [6.45, 7) is 12.1. The van der Waals surface area contributed by atoms with Gasteiger partial charge in [-0.3, -0.25) is 4.68 Å². The molecule has 0 N–H and O–H groups in total. The largest absolute Gasteiger partial charge is 0.475 e. The zero-order valence-corrected chi connectivity index (χ0v) is 22.8. The molecule has 0 spiro atoms. The molecule has 0 atom stereocenters. The minimum Gasteiger partial charge on any atom is -0.475 e. The molecule has 1 heterocycles. The SMILES string of the molecule is C=C(C)N(Cc1ccc(OC(C)(C)C(=O)OCC)c(Cl)c1)Cc1cc(-c2ccc(C(F)(F)F)cc2)nn1C. The Hall–Kier alpha value is -3.46. The van der Waals surface area contributed by atoms with Crippen molar-refractivity contribution in [3.05, 3.63) is 82.7 Å². The van der Waals surface area contributed by atoms with E-state index in [1.807, 2.05) is 24.0 Å². The summed E-state index contributed by atoms with van der Waals surface area (Å²) in [4.78, 5) is 14.2. The van der Waals surface area contributed by atoms with Crippen molar-refractivity contribution in [2.24, 2.45) is 7.05 Å². The Morgan fingerprint density at radius 2 is 1.76 bits per heavy atom. The fourth-order valence-corrected chi connectivity index (χ4v) is 3.96. The fourth-order valence-electron chi connectivity index (χ4n) is 3.71. The lowest BCUT2D eigenvalue weighted by atomic mass is 10.1. The van der Waals surface area contributed by atoms with Crippen LogP contribution < -0.4 is 4.74 Å². The molecule has 0 radical (unpaired) electrons. The van der Waals surface area contributed by atoms with Gasteiger partial charge in [0.05, 0.1) is 35.1 Å². The first-order valence-electron chi connectivity index (χ1n) is 12.0. The zero-order valence-electron chi connectivity index (χ0n) is 22.0. The molecule has 0 bridgehead atoms. The van der Waals surface area contributed by atoms with Crippen molar-refractivity contribution in [3.8, 4) is 17.0 Å². The van der Waals surface area contributed by atoms with Gasteiger partial charge in [-0.05, 0) is 63.6 Å². The van der Waals surface area contributed by atoms with Crippen LogP contribution in [0, 0.1) is 0 Å². The molecule has 10 heteroatoms. The standard InChI is InChI=1S/C28H31ClF3N3O3/c1-7-37-26(36)27(4,5)38-25-13-8-19(14-23(25)29)16-35(18(2)3)17-22-15-24(33-34(22)6)20-9-11-21(12-10-20)28(30,31)32/h8-15H,2,7,16-17H2,1,3-6H3. The van der Waals surface area contributed by atoms with Crippen molar-refractivity contribution in [2.45, 2.75) is 52.6 Å². The third-order valence-corrected chi connectivity index (χ3v) is 6.17. The van der Waals surface area contributed by atoms with E-state index in [1.54, 1.807) is 44.6 Å². The van der Waals surface area contributed by atoms with E-state index in [0.717, 1.165) is 29.1 Å². The summed E-state index contributed by atoms with van der Waals surface area (Å²) < 4.78 is 51.3. The number of hydrogen-bond donors (Lipinski definition) is 0. The van der Waals surface area contributed by atoms with Gasteiger partial charge in [0.2, 0.25) is 0 Å². The number of benzene rings is 2. The van der Waals surface area contributed by atoms with E-state index in [-0.39, 0.29) is 6.61 Å². The first kappa shape index (κ1) is 29.1. The molecule has 204 valence electrons. The van der Waals surface area contributed by atoms with Gasteiger partial charge in [-0.2, -0.15) is 18.3 Å². The number of allylic oxidation sites excluding steroid dienone is 1. The van der Waals surface area contributed by atoms with Gasteiger partial charge in [0.15, 0.2) is 5.60 Å². The van der Waals surface area contributed by atoms with Gasteiger partial charge >= 0.3 is 12.1 Å². The molecular formula is C28H31ClF3N3O3. The normalized spacial score (nSPS) is 11.8. The van der Waals surface area contributed by atoms with Crippen molar-refractivity contribution >= 4 is 17.6 Å². The molecule has 0 fully saturated rings. The van der Waals surface area contributed by atoms with Gasteiger partial charge in [0.1, 0.15) is 5.75 Å². The van der Waals surface area contributed by atoms with E-state index in [0.29, 0.717) is 35.1 Å². The zero-order chi connectivity index (χ0) is 28.3. The second-order valence-electron chi connectivity index (χ2n) is 9.41. The van der Waals surface area contributed by atoms with Crippen LogP contribution in [0.2, 0.25) is 5.02 Å². The predicted octanol–water partition coefficient (Wildman–Crippen LogP) is 7.02. The monoisotopic (exact) mass is 549 g/mol. The molecule has 0 amide bonds. The van der Waals surface area contributed by atoms with Gasteiger partial charge < -0.3 is 14.4 Å². The van der Waals surface area contributed by atoms with Gasteiger partial charge in [0, 0.05) is 24.9 Å². The maximum Gasteiger partial charge on any atom is 0.416 e. The van der Waals surface area contributed by atoms with E-state index in [4.69, 9.17) is 21.1 Å². The summed E-state index contributed by atoms with van der Waals surface area (Å²) in [6.07, 6.45) is -4.39. The number of ether oxygens (including phenoxy) is 2. The number of alkyl halides is 3. The molecular weight excluding hydrogens is 519 g/mol. The number of esters is 1. The van der Waals surface area contributed by atoms with Crippen LogP contribution in [-0.4, -0.2) is 32.9 Å². The second-order valence-corrected chi connectivity index (χ2v) is 9.82. The van der Waals surface area contributed by atoms with Crippen molar-refractivity contribution < 1.29 is 27.4 Å². The first-order chi connectivity index (χ1) is 17.7. The lowest BCUT2D eigenvalue weighted by Gasteiger charge is -2.26. The third kappa shape index (κ3) is 7.10. The number of hydrogen-bond acceptors (Lipinski definition) is 5. The molecule has 3 aromatic rings. The molecule has 0 aliphatic carbocycles. The maximum atomic E-state index is 12.9. The van der Waals surface area contributed by atoms with Crippen LogP contribution >= 0.6 is 11.6 Å². The lowest BCUT2D eigenvalue weighted by Crippen LogP contribution is -2.39. The van der Waals surface area contributed by atoms with Crippen LogP contribution in [0.4, 0.5) is 13.2 Å². The number of carbonyl (C=O) groups is 1. The maximum absolute atomic E-state index is 12.9. The summed E-state index contributed by atoms with van der Waals surface area (Å²) >= 11 is 6.47. The fraction of sp³-hybridized carbons (Fsp3) is 0.357. The summed E-state index contributed by atoms with van der Waals surface area (Å²) in [5, 5.41) is 4.84. The van der Waals surface area contributed by atoms with E-state index in [2.05, 4.69) is 11.7 Å². The summed E-state index contributed by atoms with van der Waals surface area (Å²) in [7, 11) is 1.79. The van der Waals surface area contributed by atoms with Crippen molar-refractivity contribution in [1.29, 1.82) is 0 Å². The highest BCUT2D eigenvalue weighted by Crippen LogP contribution is 2.32. The molecule has 3 rings (SSSR count). The molecule has 6 nitrogen and oxygen atoms in total. The quantitative estimate of drug-likeness (QED) is 0.254. The number of nitrogens with zero attached hydrogens (tertiary/aromatic N) is 3. The Bertz CT molecular complexity index is 1300. The Labute approximate surface area is 225 Å². The van der Waals surface area contributed by atoms with Gasteiger partial charge in [0.25, 0.3) is 0 Å². The number of aryl methyl sites for hydroxylation is 1. The topological polar surface area (TPSA) is 56.6 Å². The molecule has 0 aliphatic rings. The molecule has 38 heavy (non-hydrogen) atoms. The average Bonchev–Trinajstić information content (AvgIpc) is 3.20. The van der Waals surface area contributed by atoms with Gasteiger partial charge in [-0.15, -0.1) is 0 Å². The highest BCUT2D eigenvalue weighted by molar-refractivity contribution is 6.32. The Balaban J connectivity index is 1.75. The second kappa shape index (κ2) is 11.5. The summed E-state index contributed by atoms with van der Waals surface area (Å²) in [5.74, 6) is -0.122. The molecule has 2 aromatic carbocycles. The molecule has 0 saturated carbocycles. The smallest absolute Gasteiger partial charge is 0.416 e. The molecule has 0 aliphatic heterocycles. The van der Waals surface area contributed by atoms with E-state index < -0.39 is 23.3 Å². The third-order valence-electron chi connectivity index (χ3n) is 5.88. The van der Waals surface area contributed by atoms with Crippen LogP contribution in [-0.2, 0) is 35.8 Å². The van der Waals surface area contributed by atoms with Crippen LogP contribution in [0.15, 0.2) is 60.8 Å². The van der Waals surface area contributed by atoms with Crippen LogP contribution in [0.3, 0.4) is 0 Å². The lowest BCUT2D eigenvalue weighted by molar-refractivity contribution is -0.158. The Morgan fingerprint density at radius 3 is 2.32 bits per heavy atom. The highest BCUT2D eigenvalue weighted by Gasteiger charge is 2.32. The van der Waals surface area contributed by atoms with Crippen molar-refractivity contribution in [3.63, 3.8) is 0 Å². The molecule has 0 unspecified atom stereocenters. The number of aromatic nitrogens is 2. The first-order valence-corrected chi connectivity index (χ1v) is 12.3. The van der Waals surface area contributed by atoms with E-state index >= 15 is 0 Å². The van der Waals surface area contributed by atoms with E-state index in [1.165, 1.54) is 12.1 Å². The van der Waals surface area contributed by atoms with Crippen LogP contribution in [0.25, 0.3) is 11.3 Å². The average molecular weight is 550 g/mol. The Morgan fingerprint density at radius 1 is 1.11 bits per heavy atom. The van der Waals surface area contributed by atoms with Crippen LogP contribution in [0.5, 0.6) is 5.75 Å². The number of carbonyl (C=O) groups excluding carboxylic acids is 1. The van der Waals surface area contributed by atoms with Gasteiger partial charge in [-0.1, -0.05) is 36.4 Å². The predicted molar refractivity (Wildman–Crippen MR) is 140 cm³/mol. The molecule has 0 saturated heterocycles. The minimum atomic E-state index is -4.39.